The van der Waals surface area contributed by atoms with E-state index in [4.69, 9.17) is 16.0 Å². The molecule has 0 saturated carbocycles. The molecule has 1 unspecified atom stereocenters. The van der Waals surface area contributed by atoms with E-state index in [1.807, 2.05) is 0 Å². The third-order valence-electron chi connectivity index (χ3n) is 2.38. The molecule has 2 rings (SSSR count). The molecule has 1 aromatic carbocycles. The van der Waals surface area contributed by atoms with Gasteiger partial charge in [0.25, 0.3) is 0 Å². The minimum absolute atomic E-state index is 0.0657. The fourth-order valence-electron chi connectivity index (χ4n) is 1.62. The van der Waals surface area contributed by atoms with Crippen LogP contribution in [0.4, 0.5) is 4.39 Å². The molecule has 0 aliphatic carbocycles. The van der Waals surface area contributed by atoms with Crippen molar-refractivity contribution in [3.8, 4) is 11.3 Å². The summed E-state index contributed by atoms with van der Waals surface area (Å²) in [6.07, 6.45) is -0.0828. The Labute approximate surface area is 104 Å². The predicted molar refractivity (Wildman–Crippen MR) is 64.5 cm³/mol. The summed E-state index contributed by atoms with van der Waals surface area (Å²) in [4.78, 5) is 0. The largest absolute Gasteiger partial charge is 0.461 e. The minimum Gasteiger partial charge on any atom is -0.461 e. The Morgan fingerprint density at radius 3 is 2.82 bits per heavy atom. The zero-order valence-electron chi connectivity index (χ0n) is 9.28. The van der Waals surface area contributed by atoms with Crippen LogP contribution in [0.2, 0.25) is 5.02 Å². The molecule has 2 nitrogen and oxygen atoms in total. The van der Waals surface area contributed by atoms with Crippen molar-refractivity contribution < 1.29 is 13.9 Å². The summed E-state index contributed by atoms with van der Waals surface area (Å²) >= 11 is 5.70. The van der Waals surface area contributed by atoms with E-state index in [1.54, 1.807) is 31.2 Å². The summed E-state index contributed by atoms with van der Waals surface area (Å²) in [5.41, 5.74) is 0.328. The first-order chi connectivity index (χ1) is 8.08. The molecule has 4 heteroatoms. The van der Waals surface area contributed by atoms with Crippen molar-refractivity contribution in [2.24, 2.45) is 0 Å². The van der Waals surface area contributed by atoms with Crippen LogP contribution < -0.4 is 0 Å². The quantitative estimate of drug-likeness (QED) is 0.907. The molecule has 2 aromatic rings. The van der Waals surface area contributed by atoms with Crippen LogP contribution >= 0.6 is 11.6 Å². The first-order valence-corrected chi connectivity index (χ1v) is 5.67. The Balaban J connectivity index is 2.34. The molecule has 1 atom stereocenters. The number of hydrogen-bond donors (Lipinski definition) is 1. The maximum atomic E-state index is 13.7. The summed E-state index contributed by atoms with van der Waals surface area (Å²) in [6.45, 7) is 1.67. The van der Waals surface area contributed by atoms with Gasteiger partial charge in [0.2, 0.25) is 0 Å². The van der Waals surface area contributed by atoms with Crippen molar-refractivity contribution in [3.05, 3.63) is 46.9 Å². The summed E-state index contributed by atoms with van der Waals surface area (Å²) in [6, 6.07) is 8.15. The van der Waals surface area contributed by atoms with Crippen LogP contribution in [-0.2, 0) is 6.42 Å². The van der Waals surface area contributed by atoms with Crippen LogP contribution in [0.15, 0.2) is 34.7 Å². The van der Waals surface area contributed by atoms with Gasteiger partial charge >= 0.3 is 0 Å². The monoisotopic (exact) mass is 254 g/mol. The average Bonchev–Trinajstić information content (AvgIpc) is 2.69. The molecule has 0 bridgehead atoms. The third-order valence-corrected chi connectivity index (χ3v) is 2.67. The number of benzene rings is 1. The maximum absolute atomic E-state index is 13.7. The van der Waals surface area contributed by atoms with Crippen molar-refractivity contribution in [1.29, 1.82) is 0 Å². The average molecular weight is 255 g/mol. The van der Waals surface area contributed by atoms with E-state index in [-0.39, 0.29) is 5.02 Å². The summed E-state index contributed by atoms with van der Waals surface area (Å²) < 4.78 is 19.2. The number of aliphatic hydroxyl groups is 1. The lowest BCUT2D eigenvalue weighted by atomic mass is 10.1. The maximum Gasteiger partial charge on any atom is 0.152 e. The first-order valence-electron chi connectivity index (χ1n) is 5.29. The predicted octanol–water partition coefficient (Wildman–Crippen LogP) is 3.66. The zero-order chi connectivity index (χ0) is 12.4. The number of rotatable bonds is 3. The fraction of sp³-hybridized carbons (Fsp3) is 0.231. The second kappa shape index (κ2) is 4.90. The molecule has 0 fully saturated rings. The summed E-state index contributed by atoms with van der Waals surface area (Å²) in [7, 11) is 0. The van der Waals surface area contributed by atoms with Crippen LogP contribution in [0, 0.1) is 5.82 Å². The third kappa shape index (κ3) is 2.68. The van der Waals surface area contributed by atoms with Crippen LogP contribution in [-0.4, -0.2) is 11.2 Å². The van der Waals surface area contributed by atoms with E-state index in [0.29, 0.717) is 23.5 Å². The van der Waals surface area contributed by atoms with E-state index in [2.05, 4.69) is 0 Å². The topological polar surface area (TPSA) is 33.4 Å². The molecule has 0 spiro atoms. The van der Waals surface area contributed by atoms with E-state index < -0.39 is 11.9 Å². The molecule has 17 heavy (non-hydrogen) atoms. The highest BCUT2D eigenvalue weighted by molar-refractivity contribution is 6.31. The molecule has 90 valence electrons. The molecule has 0 radical (unpaired) electrons. The normalized spacial score (nSPS) is 12.7. The van der Waals surface area contributed by atoms with Gasteiger partial charge in [-0.15, -0.1) is 0 Å². The Hall–Kier alpha value is -1.32. The molecular formula is C13H12ClFO2. The summed E-state index contributed by atoms with van der Waals surface area (Å²) in [5, 5.41) is 9.29. The molecule has 0 aliphatic heterocycles. The van der Waals surface area contributed by atoms with E-state index in [9.17, 15) is 9.50 Å². The smallest absolute Gasteiger partial charge is 0.152 e. The van der Waals surface area contributed by atoms with Crippen LogP contribution in [0.1, 0.15) is 12.7 Å². The SMILES string of the molecule is CC(O)Cc1ccc(-c2cccc(Cl)c2F)o1. The Kier molecular flexibility index (Phi) is 3.50. The van der Waals surface area contributed by atoms with Gasteiger partial charge < -0.3 is 9.52 Å². The lowest BCUT2D eigenvalue weighted by molar-refractivity contribution is 0.187. The highest BCUT2D eigenvalue weighted by atomic mass is 35.5. The van der Waals surface area contributed by atoms with Gasteiger partial charge in [-0.2, -0.15) is 0 Å². The zero-order valence-corrected chi connectivity index (χ0v) is 10.0. The van der Waals surface area contributed by atoms with Gasteiger partial charge in [-0.25, -0.2) is 4.39 Å². The van der Waals surface area contributed by atoms with Gasteiger partial charge in [-0.1, -0.05) is 17.7 Å². The second-order valence-electron chi connectivity index (χ2n) is 3.92. The second-order valence-corrected chi connectivity index (χ2v) is 4.33. The van der Waals surface area contributed by atoms with Gasteiger partial charge in [-0.3, -0.25) is 0 Å². The molecular weight excluding hydrogens is 243 g/mol. The molecule has 0 amide bonds. The van der Waals surface area contributed by atoms with Crippen molar-refractivity contribution in [3.63, 3.8) is 0 Å². The van der Waals surface area contributed by atoms with E-state index in [1.165, 1.54) is 6.07 Å². The highest BCUT2D eigenvalue weighted by Crippen LogP contribution is 2.29. The van der Waals surface area contributed by atoms with Crippen LogP contribution in [0.25, 0.3) is 11.3 Å². The van der Waals surface area contributed by atoms with Crippen molar-refractivity contribution in [1.82, 2.24) is 0 Å². The van der Waals surface area contributed by atoms with Gasteiger partial charge in [0.05, 0.1) is 16.7 Å². The molecule has 0 saturated heterocycles. The van der Waals surface area contributed by atoms with Gasteiger partial charge in [0.15, 0.2) is 5.82 Å². The standard InChI is InChI=1S/C13H12ClFO2/c1-8(16)7-9-5-6-12(17-9)10-3-2-4-11(14)13(10)15/h2-6,8,16H,7H2,1H3. The van der Waals surface area contributed by atoms with Crippen molar-refractivity contribution in [2.45, 2.75) is 19.4 Å². The van der Waals surface area contributed by atoms with E-state index in [0.717, 1.165) is 0 Å². The molecule has 1 aromatic heterocycles. The Morgan fingerprint density at radius 1 is 1.35 bits per heavy atom. The number of hydrogen-bond acceptors (Lipinski definition) is 2. The van der Waals surface area contributed by atoms with Crippen molar-refractivity contribution in [2.75, 3.05) is 0 Å². The molecule has 0 aliphatic rings. The van der Waals surface area contributed by atoms with Crippen LogP contribution in [0.3, 0.4) is 0 Å². The van der Waals surface area contributed by atoms with Crippen molar-refractivity contribution >= 4 is 11.6 Å². The number of halogens is 2. The van der Waals surface area contributed by atoms with Crippen LogP contribution in [0.5, 0.6) is 0 Å². The lowest BCUT2D eigenvalue weighted by Gasteiger charge is -2.02. The molecule has 1 heterocycles. The lowest BCUT2D eigenvalue weighted by Crippen LogP contribution is -2.02. The Morgan fingerprint density at radius 2 is 2.12 bits per heavy atom. The van der Waals surface area contributed by atoms with Gasteiger partial charge in [0.1, 0.15) is 11.5 Å². The number of aliphatic hydroxyl groups excluding tert-OH is 1. The highest BCUT2D eigenvalue weighted by Gasteiger charge is 2.12. The van der Waals surface area contributed by atoms with Gasteiger partial charge in [-0.05, 0) is 31.2 Å². The number of furan rings is 1. The van der Waals surface area contributed by atoms with E-state index >= 15 is 0 Å². The van der Waals surface area contributed by atoms with Gasteiger partial charge in [0, 0.05) is 6.42 Å². The molecule has 1 N–H and O–H groups in total. The summed E-state index contributed by atoms with van der Waals surface area (Å²) in [5.74, 6) is 0.544. The fourth-order valence-corrected chi connectivity index (χ4v) is 1.79. The minimum atomic E-state index is -0.493. The first kappa shape index (κ1) is 12.1. The Bertz CT molecular complexity index is 520.